The van der Waals surface area contributed by atoms with Gasteiger partial charge in [-0.15, -0.1) is 11.3 Å². The van der Waals surface area contributed by atoms with Crippen LogP contribution in [0, 0.1) is 6.92 Å². The number of nitrogens with one attached hydrogen (secondary N) is 1. The average molecular weight is 420 g/mol. The molecule has 0 fully saturated rings. The molecule has 0 saturated carbocycles. The number of fused-ring (bicyclic) bond motifs is 1. The standard InChI is InChI=1S/C19H22BrN3OS/c1-13-5-4-6-14(9-13)11-23-16(19(24)21-7-8-22(2)3)10-17-18(23)15(20)12-25-17/h4-6,9-10,12H,7-8,11H2,1-3H3,(H,21,24). The van der Waals surface area contributed by atoms with Gasteiger partial charge in [0.1, 0.15) is 5.69 Å². The van der Waals surface area contributed by atoms with E-state index in [2.05, 4.69) is 67.3 Å². The fourth-order valence-electron chi connectivity index (χ4n) is 2.86. The Morgan fingerprint density at radius 1 is 1.32 bits per heavy atom. The Kier molecular flexibility index (Phi) is 5.61. The van der Waals surface area contributed by atoms with Gasteiger partial charge in [0.2, 0.25) is 0 Å². The van der Waals surface area contributed by atoms with Gasteiger partial charge in [0.15, 0.2) is 0 Å². The van der Waals surface area contributed by atoms with Gasteiger partial charge >= 0.3 is 0 Å². The van der Waals surface area contributed by atoms with Crippen LogP contribution in [-0.2, 0) is 6.54 Å². The maximum absolute atomic E-state index is 12.7. The molecule has 6 heteroatoms. The molecule has 0 saturated heterocycles. The van der Waals surface area contributed by atoms with Crippen LogP contribution in [0.4, 0.5) is 0 Å². The number of carbonyl (C=O) groups excluding carboxylic acids is 1. The Morgan fingerprint density at radius 3 is 2.84 bits per heavy atom. The molecular weight excluding hydrogens is 398 g/mol. The van der Waals surface area contributed by atoms with E-state index in [0.717, 1.165) is 21.2 Å². The summed E-state index contributed by atoms with van der Waals surface area (Å²) in [6, 6.07) is 10.4. The van der Waals surface area contributed by atoms with Crippen LogP contribution in [0.5, 0.6) is 0 Å². The second-order valence-corrected chi connectivity index (χ2v) is 8.23. The zero-order valence-corrected chi connectivity index (χ0v) is 17.1. The summed E-state index contributed by atoms with van der Waals surface area (Å²) in [4.78, 5) is 14.8. The van der Waals surface area contributed by atoms with Crippen LogP contribution in [0.1, 0.15) is 21.6 Å². The molecule has 132 valence electrons. The van der Waals surface area contributed by atoms with Crippen molar-refractivity contribution >= 4 is 43.4 Å². The van der Waals surface area contributed by atoms with Crippen molar-refractivity contribution in [1.29, 1.82) is 0 Å². The van der Waals surface area contributed by atoms with Gasteiger partial charge in [0.25, 0.3) is 5.91 Å². The monoisotopic (exact) mass is 419 g/mol. The van der Waals surface area contributed by atoms with E-state index in [-0.39, 0.29) is 5.91 Å². The summed E-state index contributed by atoms with van der Waals surface area (Å²) in [6.45, 7) is 4.22. The summed E-state index contributed by atoms with van der Waals surface area (Å²) in [5.41, 5.74) is 4.22. The SMILES string of the molecule is Cc1cccc(Cn2c(C(=O)NCCN(C)C)cc3scc(Br)c32)c1. The first-order valence-corrected chi connectivity index (χ1v) is 9.87. The number of thiophene rings is 1. The summed E-state index contributed by atoms with van der Waals surface area (Å²) >= 11 is 5.28. The van der Waals surface area contributed by atoms with Crippen LogP contribution in [0.15, 0.2) is 40.2 Å². The minimum atomic E-state index is -0.0233. The zero-order valence-electron chi connectivity index (χ0n) is 14.7. The third kappa shape index (κ3) is 4.14. The molecule has 4 nitrogen and oxygen atoms in total. The first kappa shape index (κ1) is 18.2. The lowest BCUT2D eigenvalue weighted by Crippen LogP contribution is -2.32. The molecule has 25 heavy (non-hydrogen) atoms. The third-order valence-corrected chi connectivity index (χ3v) is 5.90. The number of rotatable bonds is 6. The molecule has 3 rings (SSSR count). The highest BCUT2D eigenvalue weighted by molar-refractivity contribution is 9.10. The second-order valence-electron chi connectivity index (χ2n) is 6.46. The molecule has 3 aromatic rings. The van der Waals surface area contributed by atoms with E-state index in [0.29, 0.717) is 18.8 Å². The van der Waals surface area contributed by atoms with Gasteiger partial charge in [-0.3, -0.25) is 4.79 Å². The molecule has 1 aromatic carbocycles. The molecule has 1 amide bonds. The molecule has 0 aliphatic heterocycles. The molecule has 0 bridgehead atoms. The van der Waals surface area contributed by atoms with E-state index < -0.39 is 0 Å². The van der Waals surface area contributed by atoms with Crippen molar-refractivity contribution in [3.05, 3.63) is 57.0 Å². The molecule has 0 aliphatic carbocycles. The van der Waals surface area contributed by atoms with E-state index in [1.54, 1.807) is 11.3 Å². The lowest BCUT2D eigenvalue weighted by Gasteiger charge is -2.13. The Bertz CT molecular complexity index is 897. The molecule has 1 N–H and O–H groups in total. The molecule has 0 unspecified atom stereocenters. The Hall–Kier alpha value is -1.63. The van der Waals surface area contributed by atoms with E-state index in [9.17, 15) is 4.79 Å². The van der Waals surface area contributed by atoms with Crippen LogP contribution in [0.3, 0.4) is 0 Å². The number of aromatic nitrogens is 1. The Balaban J connectivity index is 1.93. The summed E-state index contributed by atoms with van der Waals surface area (Å²) < 4.78 is 4.26. The van der Waals surface area contributed by atoms with E-state index in [1.165, 1.54) is 11.1 Å². The lowest BCUT2D eigenvalue weighted by molar-refractivity contribution is 0.0942. The topological polar surface area (TPSA) is 37.3 Å². The number of likely N-dealkylation sites (N-methyl/N-ethyl adjacent to an activating group) is 1. The Morgan fingerprint density at radius 2 is 2.12 bits per heavy atom. The highest BCUT2D eigenvalue weighted by Gasteiger charge is 2.18. The van der Waals surface area contributed by atoms with Gasteiger partial charge in [-0.05, 0) is 48.6 Å². The fraction of sp³-hybridized carbons (Fsp3) is 0.316. The van der Waals surface area contributed by atoms with Crippen molar-refractivity contribution in [2.75, 3.05) is 27.2 Å². The molecule has 0 aliphatic rings. The van der Waals surface area contributed by atoms with Crippen LogP contribution < -0.4 is 5.32 Å². The maximum Gasteiger partial charge on any atom is 0.268 e. The van der Waals surface area contributed by atoms with Crippen molar-refractivity contribution in [2.45, 2.75) is 13.5 Å². The van der Waals surface area contributed by atoms with Gasteiger partial charge < -0.3 is 14.8 Å². The zero-order chi connectivity index (χ0) is 18.0. The Labute approximate surface area is 160 Å². The largest absolute Gasteiger partial charge is 0.349 e. The summed E-state index contributed by atoms with van der Waals surface area (Å²) in [7, 11) is 4.00. The highest BCUT2D eigenvalue weighted by atomic mass is 79.9. The van der Waals surface area contributed by atoms with Gasteiger partial charge in [0.05, 0.1) is 14.7 Å². The predicted molar refractivity (Wildman–Crippen MR) is 109 cm³/mol. The second kappa shape index (κ2) is 7.72. The molecule has 2 heterocycles. The fourth-order valence-corrected chi connectivity index (χ4v) is 4.55. The van der Waals surface area contributed by atoms with Crippen molar-refractivity contribution in [3.8, 4) is 0 Å². The number of nitrogens with zero attached hydrogens (tertiary/aromatic N) is 2. The van der Waals surface area contributed by atoms with Crippen LogP contribution in [0.2, 0.25) is 0 Å². The lowest BCUT2D eigenvalue weighted by atomic mass is 10.1. The van der Waals surface area contributed by atoms with Crippen LogP contribution in [-0.4, -0.2) is 42.6 Å². The molecular formula is C19H22BrN3OS. The third-order valence-electron chi connectivity index (χ3n) is 4.08. The summed E-state index contributed by atoms with van der Waals surface area (Å²) in [5, 5.41) is 5.10. The van der Waals surface area contributed by atoms with E-state index >= 15 is 0 Å². The number of benzene rings is 1. The molecule has 0 atom stereocenters. The predicted octanol–water partition coefficient (Wildman–Crippen LogP) is 4.11. The molecule has 0 radical (unpaired) electrons. The maximum atomic E-state index is 12.7. The van der Waals surface area contributed by atoms with Gasteiger partial charge in [-0.25, -0.2) is 0 Å². The van der Waals surface area contributed by atoms with Gasteiger partial charge in [-0.1, -0.05) is 29.8 Å². The van der Waals surface area contributed by atoms with E-state index in [1.807, 2.05) is 20.2 Å². The van der Waals surface area contributed by atoms with E-state index in [4.69, 9.17) is 0 Å². The smallest absolute Gasteiger partial charge is 0.268 e. The minimum absolute atomic E-state index is 0.0233. The number of halogens is 1. The number of amides is 1. The molecule has 0 spiro atoms. The van der Waals surface area contributed by atoms with Crippen molar-refractivity contribution in [3.63, 3.8) is 0 Å². The highest BCUT2D eigenvalue weighted by Crippen LogP contribution is 2.33. The minimum Gasteiger partial charge on any atom is -0.349 e. The number of carbonyl (C=O) groups is 1. The summed E-state index contributed by atoms with van der Waals surface area (Å²) in [5.74, 6) is -0.0233. The number of hydrogen-bond acceptors (Lipinski definition) is 3. The van der Waals surface area contributed by atoms with Crippen LogP contribution >= 0.6 is 27.3 Å². The van der Waals surface area contributed by atoms with Crippen molar-refractivity contribution < 1.29 is 4.79 Å². The van der Waals surface area contributed by atoms with Crippen molar-refractivity contribution in [1.82, 2.24) is 14.8 Å². The van der Waals surface area contributed by atoms with Gasteiger partial charge in [-0.2, -0.15) is 0 Å². The summed E-state index contributed by atoms with van der Waals surface area (Å²) in [6.07, 6.45) is 0. The number of hydrogen-bond donors (Lipinski definition) is 1. The number of aryl methyl sites for hydroxylation is 1. The van der Waals surface area contributed by atoms with Crippen LogP contribution in [0.25, 0.3) is 10.2 Å². The van der Waals surface area contributed by atoms with Crippen molar-refractivity contribution in [2.24, 2.45) is 0 Å². The first-order chi connectivity index (χ1) is 12.0. The normalized spacial score (nSPS) is 11.4. The van der Waals surface area contributed by atoms with Gasteiger partial charge in [0, 0.05) is 25.0 Å². The first-order valence-electron chi connectivity index (χ1n) is 8.20. The quantitative estimate of drug-likeness (QED) is 0.652. The average Bonchev–Trinajstić information content (AvgIpc) is 3.08. The molecule has 2 aromatic heterocycles.